The summed E-state index contributed by atoms with van der Waals surface area (Å²) in [5.74, 6) is 0. The average molecular weight is 997 g/mol. The summed E-state index contributed by atoms with van der Waals surface area (Å²) < 4.78 is 0. The van der Waals surface area contributed by atoms with E-state index in [1.54, 1.807) is 0 Å². The molecule has 0 aromatic carbocycles. The summed E-state index contributed by atoms with van der Waals surface area (Å²) in [5, 5.41) is 1.18. The lowest BCUT2D eigenvalue weighted by Gasteiger charge is -2.02. The molecule has 0 saturated heterocycles. The van der Waals surface area contributed by atoms with E-state index in [-0.39, 0.29) is 0 Å². The third kappa shape index (κ3) is 65.2. The summed E-state index contributed by atoms with van der Waals surface area (Å²) in [4.78, 5) is 0. The van der Waals surface area contributed by atoms with Gasteiger partial charge in [0.15, 0.2) is 0 Å². The zero-order valence-corrected chi connectivity index (χ0v) is 47.6. The van der Waals surface area contributed by atoms with E-state index in [0.29, 0.717) is 0 Å². The van der Waals surface area contributed by atoms with E-state index in [4.69, 9.17) is 0 Å². The number of hydrogen-bond donors (Lipinski definition) is 0. The van der Waals surface area contributed by atoms with E-state index in [1.807, 2.05) is 0 Å². The predicted octanol–water partition coefficient (Wildman–Crippen LogP) is 25.2. The third-order valence-corrected chi connectivity index (χ3v) is 14.8. The second-order valence-corrected chi connectivity index (χ2v) is 21.9. The molecule has 0 aromatic heterocycles. The van der Waals surface area contributed by atoms with Crippen molar-refractivity contribution in [2.75, 3.05) is 5.33 Å². The van der Waals surface area contributed by atoms with E-state index in [9.17, 15) is 0 Å². The van der Waals surface area contributed by atoms with Crippen LogP contribution in [0.25, 0.3) is 0 Å². The molecular formula is C66H123Br. The van der Waals surface area contributed by atoms with Gasteiger partial charge in [0.1, 0.15) is 0 Å². The molecule has 0 radical (unpaired) electrons. The van der Waals surface area contributed by atoms with E-state index in [2.05, 4.69) is 83.6 Å². The molecule has 0 aliphatic heterocycles. The van der Waals surface area contributed by atoms with E-state index in [1.165, 1.54) is 352 Å². The van der Waals surface area contributed by atoms with Gasteiger partial charge in [0.25, 0.3) is 0 Å². The van der Waals surface area contributed by atoms with Gasteiger partial charge in [-0.05, 0) is 135 Å². The van der Waals surface area contributed by atoms with Crippen molar-refractivity contribution in [2.45, 2.75) is 354 Å². The van der Waals surface area contributed by atoms with Crippen LogP contribution in [0.2, 0.25) is 0 Å². The van der Waals surface area contributed by atoms with Crippen LogP contribution >= 0.6 is 15.9 Å². The van der Waals surface area contributed by atoms with Gasteiger partial charge in [0.2, 0.25) is 0 Å². The van der Waals surface area contributed by atoms with Crippen molar-refractivity contribution in [2.24, 2.45) is 0 Å². The zero-order valence-electron chi connectivity index (χ0n) is 46.0. The molecule has 0 atom stereocenters. The lowest BCUT2D eigenvalue weighted by Crippen LogP contribution is -1.82. The molecule has 0 saturated carbocycles. The summed E-state index contributed by atoms with van der Waals surface area (Å²) in [5.41, 5.74) is 0. The molecular weight excluding hydrogens is 873 g/mol. The molecule has 1 heteroatoms. The van der Waals surface area contributed by atoms with E-state index in [0.717, 1.165) is 0 Å². The highest BCUT2D eigenvalue weighted by Gasteiger charge is 1.97. The summed E-state index contributed by atoms with van der Waals surface area (Å²) in [6.45, 7) is 2.29. The van der Waals surface area contributed by atoms with Gasteiger partial charge in [-0.15, -0.1) is 0 Å². The van der Waals surface area contributed by atoms with Crippen LogP contribution in [0.3, 0.4) is 0 Å². The lowest BCUT2D eigenvalue weighted by molar-refractivity contribution is 0.566. The van der Waals surface area contributed by atoms with Gasteiger partial charge in [-0.25, -0.2) is 0 Å². The molecule has 0 rings (SSSR count). The first-order valence-electron chi connectivity index (χ1n) is 31.2. The molecule has 0 amide bonds. The number of halogens is 1. The minimum absolute atomic E-state index is 1.18. The van der Waals surface area contributed by atoms with Crippen molar-refractivity contribution >= 4 is 15.9 Å². The highest BCUT2D eigenvalue weighted by molar-refractivity contribution is 9.09. The molecule has 0 spiro atoms. The number of unbranched alkanes of at least 4 members (excludes halogenated alkanes) is 48. The topological polar surface area (TPSA) is 0 Å². The smallest absolute Gasteiger partial charge is 0.00313 e. The fourth-order valence-electron chi connectivity index (χ4n) is 9.62. The monoisotopic (exact) mass is 995 g/mol. The van der Waals surface area contributed by atoms with Crippen molar-refractivity contribution in [3.63, 3.8) is 0 Å². The van der Waals surface area contributed by atoms with Crippen molar-refractivity contribution in [3.8, 4) is 0 Å². The van der Waals surface area contributed by atoms with Gasteiger partial charge in [-0.2, -0.15) is 0 Å². The van der Waals surface area contributed by atoms with Crippen molar-refractivity contribution in [1.29, 1.82) is 0 Å². The number of rotatable bonds is 59. The Balaban J connectivity index is 3.20. The molecule has 0 bridgehead atoms. The first-order chi connectivity index (χ1) is 33.4. The maximum absolute atomic E-state index is 3.53. The maximum atomic E-state index is 3.53. The molecule has 67 heavy (non-hydrogen) atoms. The number of hydrogen-bond acceptors (Lipinski definition) is 0. The van der Waals surface area contributed by atoms with Crippen LogP contribution in [0.15, 0.2) is 60.8 Å². The first kappa shape index (κ1) is 66.2. The maximum Gasteiger partial charge on any atom is 0.00313 e. The SMILES string of the molecule is CCCCC/C=C/CCCCCCCCCC/C=C/CCCCCCCCCC/C=C/CCCCCCCCCC/C=C/CCCCCCCCCC/C=C/CCCCCCCCCCCBr. The molecule has 0 aromatic rings. The summed E-state index contributed by atoms with van der Waals surface area (Å²) in [6.07, 6.45) is 100. The van der Waals surface area contributed by atoms with Crippen LogP contribution in [-0.4, -0.2) is 5.33 Å². The normalized spacial score (nSPS) is 12.3. The molecule has 0 unspecified atom stereocenters. The summed E-state index contributed by atoms with van der Waals surface area (Å²) in [6, 6.07) is 0. The van der Waals surface area contributed by atoms with Crippen molar-refractivity contribution in [3.05, 3.63) is 60.8 Å². The molecule has 0 aliphatic carbocycles. The van der Waals surface area contributed by atoms with Crippen molar-refractivity contribution < 1.29 is 0 Å². The fourth-order valence-corrected chi connectivity index (χ4v) is 10.0. The Morgan fingerprint density at radius 1 is 0.164 bits per heavy atom. The Morgan fingerprint density at radius 3 is 0.418 bits per heavy atom. The third-order valence-electron chi connectivity index (χ3n) is 14.3. The largest absolute Gasteiger partial charge is 0.0928 e. The Morgan fingerprint density at radius 2 is 0.284 bits per heavy atom. The molecule has 0 nitrogen and oxygen atoms in total. The van der Waals surface area contributed by atoms with Gasteiger partial charge in [-0.3, -0.25) is 0 Å². The van der Waals surface area contributed by atoms with Crippen LogP contribution in [0.1, 0.15) is 354 Å². The Hall–Kier alpha value is -0.820. The number of allylic oxidation sites excluding steroid dienone is 10. The molecule has 0 fully saturated rings. The predicted molar refractivity (Wildman–Crippen MR) is 314 cm³/mol. The minimum atomic E-state index is 1.18. The Labute approximate surface area is 433 Å². The quantitative estimate of drug-likeness (QED) is 0.0324. The van der Waals surface area contributed by atoms with E-state index < -0.39 is 0 Å². The average Bonchev–Trinajstić information content (AvgIpc) is 3.34. The second kappa shape index (κ2) is 65.2. The van der Waals surface area contributed by atoms with Gasteiger partial charge < -0.3 is 0 Å². The van der Waals surface area contributed by atoms with Crippen LogP contribution in [0.5, 0.6) is 0 Å². The molecule has 394 valence electrons. The molecule has 0 aliphatic rings. The van der Waals surface area contributed by atoms with Crippen LogP contribution in [-0.2, 0) is 0 Å². The van der Waals surface area contributed by atoms with Crippen molar-refractivity contribution in [1.82, 2.24) is 0 Å². The summed E-state index contributed by atoms with van der Waals surface area (Å²) >= 11 is 3.53. The second-order valence-electron chi connectivity index (χ2n) is 21.1. The summed E-state index contributed by atoms with van der Waals surface area (Å²) in [7, 11) is 0. The minimum Gasteiger partial charge on any atom is -0.0928 e. The zero-order chi connectivity index (χ0) is 48.0. The van der Waals surface area contributed by atoms with E-state index >= 15 is 0 Å². The number of alkyl halides is 1. The lowest BCUT2D eigenvalue weighted by atomic mass is 10.0. The van der Waals surface area contributed by atoms with Gasteiger partial charge in [0.05, 0.1) is 0 Å². The Bertz CT molecular complexity index is 999. The van der Waals surface area contributed by atoms with Gasteiger partial charge in [-0.1, -0.05) is 296 Å². The first-order valence-corrected chi connectivity index (χ1v) is 32.3. The van der Waals surface area contributed by atoms with Gasteiger partial charge in [0, 0.05) is 5.33 Å². The fraction of sp³-hybridized carbons (Fsp3) is 0.848. The standard InChI is InChI=1S/C66H123Br/c1-2-3-4-5-6-7-8-9-10-11-12-13-14-15-16-17-18-19-20-21-22-23-24-25-26-27-28-29-30-31-32-33-34-35-36-37-38-39-40-41-42-43-44-45-46-47-48-49-50-51-52-53-54-55-56-57-58-59-60-61-62-63-64-65-66-67/h6-7,18-19,30-31,42-43,54-55H,2-5,8-17,20-29,32-41,44-53,56-66H2,1H3/b7-6+,19-18+,31-30+,43-42+,55-54+. The van der Waals surface area contributed by atoms with Crippen LogP contribution in [0, 0.1) is 0 Å². The van der Waals surface area contributed by atoms with Gasteiger partial charge >= 0.3 is 0 Å². The molecule has 0 N–H and O–H groups in total. The Kier molecular flexibility index (Phi) is 64.4. The van der Waals surface area contributed by atoms with Crippen LogP contribution < -0.4 is 0 Å². The highest BCUT2D eigenvalue weighted by atomic mass is 79.9. The van der Waals surface area contributed by atoms with Crippen LogP contribution in [0.4, 0.5) is 0 Å². The highest BCUT2D eigenvalue weighted by Crippen LogP contribution is 2.17. The molecule has 0 heterocycles.